The molecule has 20 heavy (non-hydrogen) atoms. The molecule has 0 N–H and O–H groups in total. The Morgan fingerprint density at radius 3 is 2.45 bits per heavy atom. The molecule has 0 bridgehead atoms. The van der Waals surface area contributed by atoms with E-state index in [1.807, 2.05) is 0 Å². The van der Waals surface area contributed by atoms with E-state index in [1.54, 1.807) is 30.3 Å². The highest BCUT2D eigenvalue weighted by atomic mass is 35.5. The van der Waals surface area contributed by atoms with Crippen LogP contribution in [0, 0.1) is 0 Å². The van der Waals surface area contributed by atoms with Gasteiger partial charge in [-0.05, 0) is 41.5 Å². The Kier molecular flexibility index (Phi) is 5.08. The lowest BCUT2D eigenvalue weighted by Gasteiger charge is -2.14. The molecule has 0 aliphatic heterocycles. The maximum absolute atomic E-state index is 12.2. The van der Waals surface area contributed by atoms with Gasteiger partial charge in [-0.2, -0.15) is 8.78 Å². The van der Waals surface area contributed by atoms with Gasteiger partial charge in [-0.25, -0.2) is 0 Å². The first-order valence-corrected chi connectivity index (χ1v) is 6.80. The number of benzene rings is 2. The Bertz CT molecular complexity index is 605. The van der Waals surface area contributed by atoms with Crippen molar-refractivity contribution in [3.05, 3.63) is 63.6 Å². The van der Waals surface area contributed by atoms with Gasteiger partial charge in [0.05, 0.1) is 5.38 Å². The van der Waals surface area contributed by atoms with Crippen LogP contribution in [0.4, 0.5) is 8.78 Å². The summed E-state index contributed by atoms with van der Waals surface area (Å²) < 4.78 is 28.7. The third kappa shape index (κ3) is 3.75. The number of rotatable bonds is 4. The Morgan fingerprint density at radius 1 is 1.00 bits per heavy atom. The molecule has 0 radical (unpaired) electrons. The Hall–Kier alpha value is -1.03. The average Bonchev–Trinajstić information content (AvgIpc) is 2.40. The molecule has 0 heterocycles. The van der Waals surface area contributed by atoms with Crippen molar-refractivity contribution >= 4 is 34.8 Å². The van der Waals surface area contributed by atoms with Crippen LogP contribution in [0.1, 0.15) is 16.5 Å². The molecule has 0 amide bonds. The maximum atomic E-state index is 12.2. The maximum Gasteiger partial charge on any atom is 0.387 e. The van der Waals surface area contributed by atoms with Gasteiger partial charge in [0.25, 0.3) is 0 Å². The minimum atomic E-state index is -2.88. The summed E-state index contributed by atoms with van der Waals surface area (Å²) in [7, 11) is 0. The first-order chi connectivity index (χ1) is 9.47. The summed E-state index contributed by atoms with van der Waals surface area (Å²) in [6.45, 7) is -2.88. The van der Waals surface area contributed by atoms with Gasteiger partial charge in [-0.3, -0.25) is 0 Å². The molecule has 1 unspecified atom stereocenters. The largest absolute Gasteiger partial charge is 0.435 e. The van der Waals surface area contributed by atoms with Crippen LogP contribution < -0.4 is 4.74 Å². The van der Waals surface area contributed by atoms with E-state index in [9.17, 15) is 8.78 Å². The zero-order valence-electron chi connectivity index (χ0n) is 9.99. The highest BCUT2D eigenvalue weighted by molar-refractivity contribution is 6.35. The first kappa shape index (κ1) is 15.4. The summed E-state index contributed by atoms with van der Waals surface area (Å²) >= 11 is 18.3. The molecular weight excluding hydrogens is 329 g/mol. The summed E-state index contributed by atoms with van der Waals surface area (Å²) in [4.78, 5) is 0. The fraction of sp³-hybridized carbons (Fsp3) is 0.143. The highest BCUT2D eigenvalue weighted by Gasteiger charge is 2.16. The SMILES string of the molecule is FC(F)Oc1cccc(C(Cl)c2cc(Cl)ccc2Cl)c1. The van der Waals surface area contributed by atoms with Crippen molar-refractivity contribution in [1.82, 2.24) is 0 Å². The van der Waals surface area contributed by atoms with Crippen LogP contribution in [0.25, 0.3) is 0 Å². The second-order valence-corrected chi connectivity index (χ2v) is 5.26. The van der Waals surface area contributed by atoms with Crippen LogP contribution in [0.3, 0.4) is 0 Å². The van der Waals surface area contributed by atoms with E-state index in [4.69, 9.17) is 34.8 Å². The van der Waals surface area contributed by atoms with Crippen molar-refractivity contribution in [2.24, 2.45) is 0 Å². The molecule has 1 nitrogen and oxygen atoms in total. The molecule has 2 aromatic carbocycles. The molecule has 0 fully saturated rings. The predicted molar refractivity (Wildman–Crippen MR) is 77.2 cm³/mol. The molecule has 0 saturated heterocycles. The molecule has 2 aromatic rings. The number of hydrogen-bond donors (Lipinski definition) is 0. The van der Waals surface area contributed by atoms with E-state index < -0.39 is 12.0 Å². The minimum absolute atomic E-state index is 0.0429. The molecule has 1 atom stereocenters. The van der Waals surface area contributed by atoms with Gasteiger partial charge in [0, 0.05) is 10.0 Å². The van der Waals surface area contributed by atoms with E-state index in [-0.39, 0.29) is 5.75 Å². The lowest BCUT2D eigenvalue weighted by molar-refractivity contribution is -0.0498. The third-order valence-corrected chi connectivity index (χ3v) is 3.67. The monoisotopic (exact) mass is 336 g/mol. The number of hydrogen-bond acceptors (Lipinski definition) is 1. The van der Waals surface area contributed by atoms with Crippen LogP contribution in [0.15, 0.2) is 42.5 Å². The van der Waals surface area contributed by atoms with Crippen LogP contribution in [-0.2, 0) is 0 Å². The van der Waals surface area contributed by atoms with Crippen molar-refractivity contribution in [2.45, 2.75) is 12.0 Å². The topological polar surface area (TPSA) is 9.23 Å². The number of alkyl halides is 3. The zero-order valence-corrected chi connectivity index (χ0v) is 12.3. The Balaban J connectivity index is 2.33. The Morgan fingerprint density at radius 2 is 1.75 bits per heavy atom. The summed E-state index contributed by atoms with van der Waals surface area (Å²) in [5.74, 6) is 0.0429. The van der Waals surface area contributed by atoms with E-state index in [2.05, 4.69) is 4.74 Å². The van der Waals surface area contributed by atoms with Crippen LogP contribution in [-0.4, -0.2) is 6.61 Å². The van der Waals surface area contributed by atoms with Crippen molar-refractivity contribution in [3.8, 4) is 5.75 Å². The molecular formula is C14H9Cl3F2O. The first-order valence-electron chi connectivity index (χ1n) is 5.61. The lowest BCUT2D eigenvalue weighted by atomic mass is 10.0. The van der Waals surface area contributed by atoms with Crippen molar-refractivity contribution in [3.63, 3.8) is 0 Å². The third-order valence-electron chi connectivity index (χ3n) is 2.61. The lowest BCUT2D eigenvalue weighted by Crippen LogP contribution is -2.02. The predicted octanol–water partition coefficient (Wildman–Crippen LogP) is 5.92. The van der Waals surface area contributed by atoms with E-state index in [1.165, 1.54) is 12.1 Å². The summed E-state index contributed by atoms with van der Waals surface area (Å²) in [5.41, 5.74) is 1.20. The van der Waals surface area contributed by atoms with Gasteiger partial charge >= 0.3 is 6.61 Å². The average molecular weight is 338 g/mol. The molecule has 106 valence electrons. The highest BCUT2D eigenvalue weighted by Crippen LogP contribution is 2.36. The van der Waals surface area contributed by atoms with Gasteiger partial charge in [-0.1, -0.05) is 35.3 Å². The van der Waals surface area contributed by atoms with Gasteiger partial charge in [-0.15, -0.1) is 11.6 Å². The molecule has 0 spiro atoms. The second kappa shape index (κ2) is 6.61. The fourth-order valence-electron chi connectivity index (χ4n) is 1.74. The quantitative estimate of drug-likeness (QED) is 0.629. The standard InChI is InChI=1S/C14H9Cl3F2O/c15-9-4-5-12(16)11(7-9)13(17)8-2-1-3-10(6-8)20-14(18)19/h1-7,13-14H. The van der Waals surface area contributed by atoms with Gasteiger partial charge < -0.3 is 4.74 Å². The van der Waals surface area contributed by atoms with E-state index >= 15 is 0 Å². The van der Waals surface area contributed by atoms with E-state index in [0.29, 0.717) is 21.2 Å². The van der Waals surface area contributed by atoms with Crippen molar-refractivity contribution < 1.29 is 13.5 Å². The van der Waals surface area contributed by atoms with Crippen LogP contribution in [0.5, 0.6) is 5.75 Å². The second-order valence-electron chi connectivity index (χ2n) is 3.98. The smallest absolute Gasteiger partial charge is 0.387 e. The minimum Gasteiger partial charge on any atom is -0.435 e. The Labute approximate surface area is 130 Å². The van der Waals surface area contributed by atoms with Crippen molar-refractivity contribution in [2.75, 3.05) is 0 Å². The van der Waals surface area contributed by atoms with Gasteiger partial charge in [0.1, 0.15) is 5.75 Å². The normalized spacial score (nSPS) is 12.5. The summed E-state index contributed by atoms with van der Waals surface area (Å²) in [6.07, 6.45) is 0. The molecule has 0 aliphatic rings. The fourth-order valence-corrected chi connectivity index (χ4v) is 2.52. The van der Waals surface area contributed by atoms with Gasteiger partial charge in [0.15, 0.2) is 0 Å². The van der Waals surface area contributed by atoms with Crippen LogP contribution in [0.2, 0.25) is 10.0 Å². The van der Waals surface area contributed by atoms with Crippen LogP contribution >= 0.6 is 34.8 Å². The number of ether oxygens (including phenoxy) is 1. The molecule has 2 rings (SSSR count). The molecule has 0 aliphatic carbocycles. The number of halogens is 5. The van der Waals surface area contributed by atoms with E-state index in [0.717, 1.165) is 0 Å². The summed E-state index contributed by atoms with van der Waals surface area (Å²) in [6, 6.07) is 11.1. The molecule has 6 heteroatoms. The summed E-state index contributed by atoms with van der Waals surface area (Å²) in [5, 5.41) is 0.340. The molecule has 0 aromatic heterocycles. The zero-order chi connectivity index (χ0) is 14.7. The van der Waals surface area contributed by atoms with Crippen molar-refractivity contribution in [1.29, 1.82) is 0 Å². The van der Waals surface area contributed by atoms with Gasteiger partial charge in [0.2, 0.25) is 0 Å². The molecule has 0 saturated carbocycles.